The van der Waals surface area contributed by atoms with E-state index in [9.17, 15) is 9.59 Å². The van der Waals surface area contributed by atoms with Crippen LogP contribution in [0.2, 0.25) is 0 Å². The van der Waals surface area contributed by atoms with E-state index in [4.69, 9.17) is 5.11 Å². The van der Waals surface area contributed by atoms with Crippen LogP contribution in [0.1, 0.15) is 39.5 Å². The molecular formula is C14H26N2O3. The molecule has 5 nitrogen and oxygen atoms in total. The van der Waals surface area contributed by atoms with E-state index < -0.39 is 0 Å². The maximum absolute atomic E-state index is 12.0. The van der Waals surface area contributed by atoms with Crippen molar-refractivity contribution < 1.29 is 14.7 Å². The lowest BCUT2D eigenvalue weighted by Gasteiger charge is -2.31. The summed E-state index contributed by atoms with van der Waals surface area (Å²) in [6.07, 6.45) is 2.35. The third-order valence-electron chi connectivity index (χ3n) is 3.89. The predicted octanol–water partition coefficient (Wildman–Crippen LogP) is 0.866. The molecule has 0 saturated carbocycles. The van der Waals surface area contributed by atoms with Crippen LogP contribution < -0.4 is 0 Å². The van der Waals surface area contributed by atoms with Gasteiger partial charge in [0.05, 0.1) is 0 Å². The largest absolute Gasteiger partial charge is 0.396 e. The summed E-state index contributed by atoms with van der Waals surface area (Å²) in [6.45, 7) is 6.93. The molecule has 1 N–H and O–H groups in total. The molecule has 1 heterocycles. The number of aliphatic hydroxyl groups is 1. The molecule has 0 aliphatic carbocycles. The molecule has 1 aliphatic heterocycles. The molecule has 110 valence electrons. The van der Waals surface area contributed by atoms with Crippen LogP contribution in [0, 0.1) is 5.92 Å². The monoisotopic (exact) mass is 270 g/mol. The lowest BCUT2D eigenvalue weighted by atomic mass is 9.97. The van der Waals surface area contributed by atoms with Gasteiger partial charge in [0.25, 0.3) is 0 Å². The summed E-state index contributed by atoms with van der Waals surface area (Å²) in [5, 5.41) is 9.05. The molecule has 0 aromatic carbocycles. The summed E-state index contributed by atoms with van der Waals surface area (Å²) in [5.41, 5.74) is 0. The van der Waals surface area contributed by atoms with Crippen LogP contribution in [-0.2, 0) is 9.59 Å². The average molecular weight is 270 g/mol. The number of hydrogen-bond donors (Lipinski definition) is 1. The lowest BCUT2D eigenvalue weighted by molar-refractivity contribution is -0.137. The first-order chi connectivity index (χ1) is 9.12. The molecule has 0 radical (unpaired) electrons. The number of carbonyl (C=O) groups is 2. The second-order valence-electron chi connectivity index (χ2n) is 5.07. The van der Waals surface area contributed by atoms with E-state index in [1.165, 1.54) is 0 Å². The molecule has 1 rings (SSSR count). The number of piperidine rings is 1. The number of nitrogens with zero attached hydrogens (tertiary/aromatic N) is 2. The van der Waals surface area contributed by atoms with Crippen LogP contribution in [0.15, 0.2) is 0 Å². The Morgan fingerprint density at radius 2 is 1.74 bits per heavy atom. The van der Waals surface area contributed by atoms with Crippen LogP contribution in [0.4, 0.5) is 0 Å². The number of hydrogen-bond acceptors (Lipinski definition) is 3. The SMILES string of the molecule is CCN(CC)C(=O)CCC(=O)N1CCC(CO)CC1. The average Bonchev–Trinajstić information content (AvgIpc) is 2.46. The molecule has 0 unspecified atom stereocenters. The van der Waals surface area contributed by atoms with Crippen LogP contribution in [0.5, 0.6) is 0 Å². The van der Waals surface area contributed by atoms with Crippen molar-refractivity contribution in [1.29, 1.82) is 0 Å². The van der Waals surface area contributed by atoms with Gasteiger partial charge in [-0.15, -0.1) is 0 Å². The van der Waals surface area contributed by atoms with Gasteiger partial charge in [-0.1, -0.05) is 0 Å². The fourth-order valence-electron chi connectivity index (χ4n) is 2.47. The van der Waals surface area contributed by atoms with Crippen molar-refractivity contribution in [2.24, 2.45) is 5.92 Å². The molecule has 19 heavy (non-hydrogen) atoms. The molecule has 1 aliphatic rings. The Labute approximate surface area is 115 Å². The number of carbonyl (C=O) groups excluding carboxylic acids is 2. The van der Waals surface area contributed by atoms with Crippen molar-refractivity contribution in [3.05, 3.63) is 0 Å². The Hall–Kier alpha value is -1.10. The number of aliphatic hydroxyl groups excluding tert-OH is 1. The lowest BCUT2D eigenvalue weighted by Crippen LogP contribution is -2.40. The molecule has 0 aromatic rings. The molecule has 1 saturated heterocycles. The zero-order valence-electron chi connectivity index (χ0n) is 12.1. The van der Waals surface area contributed by atoms with Crippen molar-refractivity contribution in [3.63, 3.8) is 0 Å². The standard InChI is InChI=1S/C14H26N2O3/c1-3-15(4-2)13(18)5-6-14(19)16-9-7-12(11-17)8-10-16/h12,17H,3-11H2,1-2H3. The normalized spacial score (nSPS) is 16.5. The van der Waals surface area contributed by atoms with E-state index in [0.29, 0.717) is 44.9 Å². The van der Waals surface area contributed by atoms with Crippen molar-refractivity contribution >= 4 is 11.8 Å². The predicted molar refractivity (Wildman–Crippen MR) is 73.6 cm³/mol. The van der Waals surface area contributed by atoms with Gasteiger partial charge >= 0.3 is 0 Å². The van der Waals surface area contributed by atoms with Crippen molar-refractivity contribution in [1.82, 2.24) is 9.80 Å². The van der Waals surface area contributed by atoms with Gasteiger partial charge in [-0.3, -0.25) is 9.59 Å². The van der Waals surface area contributed by atoms with Gasteiger partial charge in [-0.2, -0.15) is 0 Å². The summed E-state index contributed by atoms with van der Waals surface area (Å²) in [6, 6.07) is 0. The minimum absolute atomic E-state index is 0.0589. The van der Waals surface area contributed by atoms with E-state index in [1.54, 1.807) is 4.90 Å². The highest BCUT2D eigenvalue weighted by Gasteiger charge is 2.22. The smallest absolute Gasteiger partial charge is 0.223 e. The van der Waals surface area contributed by atoms with E-state index in [-0.39, 0.29) is 18.4 Å². The maximum atomic E-state index is 12.0. The van der Waals surface area contributed by atoms with Gasteiger partial charge < -0.3 is 14.9 Å². The molecule has 0 atom stereocenters. The summed E-state index contributed by atoms with van der Waals surface area (Å²) < 4.78 is 0. The Balaban J connectivity index is 2.30. The van der Waals surface area contributed by atoms with E-state index in [1.807, 2.05) is 18.7 Å². The van der Waals surface area contributed by atoms with Gasteiger partial charge in [0.15, 0.2) is 0 Å². The first-order valence-electron chi connectivity index (χ1n) is 7.28. The van der Waals surface area contributed by atoms with Gasteiger partial charge in [-0.25, -0.2) is 0 Å². The summed E-state index contributed by atoms with van der Waals surface area (Å²) >= 11 is 0. The Kier molecular flexibility index (Phi) is 6.84. The Morgan fingerprint density at radius 1 is 1.16 bits per heavy atom. The topological polar surface area (TPSA) is 60.9 Å². The Morgan fingerprint density at radius 3 is 2.21 bits per heavy atom. The van der Waals surface area contributed by atoms with E-state index in [0.717, 1.165) is 12.8 Å². The third kappa shape index (κ3) is 4.82. The molecule has 0 spiro atoms. The van der Waals surface area contributed by atoms with Gasteiger partial charge in [0.2, 0.25) is 11.8 Å². The number of rotatable bonds is 6. The highest BCUT2D eigenvalue weighted by Crippen LogP contribution is 2.17. The van der Waals surface area contributed by atoms with Crippen molar-refractivity contribution in [2.45, 2.75) is 39.5 Å². The summed E-state index contributed by atoms with van der Waals surface area (Å²) in [5.74, 6) is 0.460. The number of amides is 2. The van der Waals surface area contributed by atoms with E-state index >= 15 is 0 Å². The second-order valence-corrected chi connectivity index (χ2v) is 5.07. The number of likely N-dealkylation sites (tertiary alicyclic amines) is 1. The zero-order valence-corrected chi connectivity index (χ0v) is 12.1. The molecule has 0 bridgehead atoms. The van der Waals surface area contributed by atoms with Crippen LogP contribution in [-0.4, -0.2) is 59.5 Å². The molecule has 0 aromatic heterocycles. The van der Waals surface area contributed by atoms with Crippen LogP contribution >= 0.6 is 0 Å². The van der Waals surface area contributed by atoms with Gasteiger partial charge in [0, 0.05) is 45.6 Å². The zero-order chi connectivity index (χ0) is 14.3. The molecule has 5 heteroatoms. The van der Waals surface area contributed by atoms with Crippen LogP contribution in [0.25, 0.3) is 0 Å². The maximum Gasteiger partial charge on any atom is 0.223 e. The minimum Gasteiger partial charge on any atom is -0.396 e. The third-order valence-corrected chi connectivity index (χ3v) is 3.89. The summed E-state index contributed by atoms with van der Waals surface area (Å²) in [4.78, 5) is 27.4. The molecule has 2 amide bonds. The second kappa shape index (κ2) is 8.15. The van der Waals surface area contributed by atoms with Crippen LogP contribution in [0.3, 0.4) is 0 Å². The fourth-order valence-corrected chi connectivity index (χ4v) is 2.47. The molecule has 1 fully saturated rings. The fraction of sp³-hybridized carbons (Fsp3) is 0.857. The Bertz CT molecular complexity index is 295. The minimum atomic E-state index is 0.0589. The first kappa shape index (κ1) is 16.0. The highest BCUT2D eigenvalue weighted by atomic mass is 16.3. The van der Waals surface area contributed by atoms with Gasteiger partial charge in [0.1, 0.15) is 0 Å². The first-order valence-corrected chi connectivity index (χ1v) is 7.28. The van der Waals surface area contributed by atoms with Crippen molar-refractivity contribution in [2.75, 3.05) is 32.8 Å². The molecular weight excluding hydrogens is 244 g/mol. The quantitative estimate of drug-likeness (QED) is 0.779. The van der Waals surface area contributed by atoms with Gasteiger partial charge in [-0.05, 0) is 32.6 Å². The van der Waals surface area contributed by atoms with E-state index in [2.05, 4.69) is 0 Å². The summed E-state index contributed by atoms with van der Waals surface area (Å²) in [7, 11) is 0. The highest BCUT2D eigenvalue weighted by molar-refractivity contribution is 5.83. The van der Waals surface area contributed by atoms with Crippen molar-refractivity contribution in [3.8, 4) is 0 Å².